The maximum absolute atomic E-state index is 13.9. The van der Waals surface area contributed by atoms with Crippen molar-refractivity contribution in [3.8, 4) is 11.5 Å². The van der Waals surface area contributed by atoms with Gasteiger partial charge >= 0.3 is 0 Å². The van der Waals surface area contributed by atoms with Gasteiger partial charge in [0, 0.05) is 18.7 Å². The molecular formula is C18H15BrF2N2O2. The van der Waals surface area contributed by atoms with Crippen molar-refractivity contribution in [1.29, 1.82) is 0 Å². The summed E-state index contributed by atoms with van der Waals surface area (Å²) in [4.78, 5) is 4.41. The summed E-state index contributed by atoms with van der Waals surface area (Å²) in [6, 6.07) is 6.81. The van der Waals surface area contributed by atoms with E-state index in [4.69, 9.17) is 9.47 Å². The van der Waals surface area contributed by atoms with Gasteiger partial charge in [0.25, 0.3) is 0 Å². The van der Waals surface area contributed by atoms with Crippen LogP contribution >= 0.6 is 15.9 Å². The van der Waals surface area contributed by atoms with Crippen molar-refractivity contribution < 1.29 is 18.3 Å². The zero-order valence-electron chi connectivity index (χ0n) is 13.2. The van der Waals surface area contributed by atoms with E-state index in [1.165, 1.54) is 6.07 Å². The Morgan fingerprint density at radius 3 is 2.80 bits per heavy atom. The third-order valence-electron chi connectivity index (χ3n) is 4.21. The van der Waals surface area contributed by atoms with Crippen LogP contribution in [0.25, 0.3) is 11.0 Å². The van der Waals surface area contributed by atoms with Crippen molar-refractivity contribution in [3.05, 3.63) is 52.8 Å². The summed E-state index contributed by atoms with van der Waals surface area (Å²) in [5.74, 6) is -1.01. The molecule has 1 aliphatic heterocycles. The van der Waals surface area contributed by atoms with Crippen LogP contribution < -0.4 is 4.74 Å². The van der Waals surface area contributed by atoms with E-state index < -0.39 is 11.6 Å². The molecule has 4 rings (SSSR count). The van der Waals surface area contributed by atoms with Gasteiger partial charge in [0.2, 0.25) is 0 Å². The molecule has 3 aromatic rings. The molecule has 0 radical (unpaired) electrons. The molecule has 4 nitrogen and oxygen atoms in total. The number of fused-ring (bicyclic) bond motifs is 1. The number of hydrogen-bond acceptors (Lipinski definition) is 3. The van der Waals surface area contributed by atoms with Gasteiger partial charge in [-0.1, -0.05) is 0 Å². The topological polar surface area (TPSA) is 36.3 Å². The number of aromatic nitrogens is 2. The molecule has 0 saturated carbocycles. The Hall–Kier alpha value is -1.99. The second-order valence-corrected chi connectivity index (χ2v) is 6.78. The average Bonchev–Trinajstić information content (AvgIpc) is 3.01. The molecule has 0 N–H and O–H groups in total. The van der Waals surface area contributed by atoms with Crippen molar-refractivity contribution in [2.75, 3.05) is 6.61 Å². The predicted octanol–water partition coefficient (Wildman–Crippen LogP) is 5.57. The maximum Gasteiger partial charge on any atom is 0.168 e. The van der Waals surface area contributed by atoms with Gasteiger partial charge in [-0.2, -0.15) is 0 Å². The van der Waals surface area contributed by atoms with Gasteiger partial charge in [0.1, 0.15) is 17.8 Å². The predicted molar refractivity (Wildman–Crippen MR) is 92.7 cm³/mol. The molecule has 1 fully saturated rings. The van der Waals surface area contributed by atoms with Crippen LogP contribution in [-0.4, -0.2) is 16.2 Å². The van der Waals surface area contributed by atoms with Crippen molar-refractivity contribution in [2.45, 2.75) is 25.5 Å². The second kappa shape index (κ2) is 6.72. The van der Waals surface area contributed by atoms with Crippen LogP contribution in [-0.2, 0) is 4.74 Å². The molecule has 2 aromatic carbocycles. The minimum Gasteiger partial charge on any atom is -0.453 e. The van der Waals surface area contributed by atoms with Gasteiger partial charge in [-0.05, 0) is 53.4 Å². The molecule has 0 amide bonds. The minimum atomic E-state index is -0.754. The highest BCUT2D eigenvalue weighted by atomic mass is 79.9. The fourth-order valence-corrected chi connectivity index (χ4v) is 3.37. The fourth-order valence-electron chi connectivity index (χ4n) is 2.96. The Kier molecular flexibility index (Phi) is 4.43. The molecule has 0 spiro atoms. The number of halogens is 3. The summed E-state index contributed by atoms with van der Waals surface area (Å²) < 4.78 is 41.0. The van der Waals surface area contributed by atoms with Gasteiger partial charge in [-0.3, -0.25) is 0 Å². The highest BCUT2D eigenvalue weighted by molar-refractivity contribution is 9.10. The smallest absolute Gasteiger partial charge is 0.168 e. The molecule has 1 saturated heterocycles. The van der Waals surface area contributed by atoms with E-state index >= 15 is 0 Å². The van der Waals surface area contributed by atoms with Crippen LogP contribution in [0.15, 0.2) is 41.1 Å². The largest absolute Gasteiger partial charge is 0.453 e. The summed E-state index contributed by atoms with van der Waals surface area (Å²) in [5.41, 5.74) is 1.63. The van der Waals surface area contributed by atoms with Crippen molar-refractivity contribution >= 4 is 27.0 Å². The first-order valence-electron chi connectivity index (χ1n) is 8.02. The van der Waals surface area contributed by atoms with E-state index in [1.54, 1.807) is 12.4 Å². The van der Waals surface area contributed by atoms with Gasteiger partial charge in [-0.15, -0.1) is 0 Å². The zero-order valence-corrected chi connectivity index (χ0v) is 14.8. The molecule has 0 bridgehead atoms. The molecule has 130 valence electrons. The monoisotopic (exact) mass is 408 g/mol. The van der Waals surface area contributed by atoms with E-state index in [0.29, 0.717) is 10.2 Å². The number of benzene rings is 2. The second-order valence-electron chi connectivity index (χ2n) is 5.92. The summed E-state index contributed by atoms with van der Waals surface area (Å²) >= 11 is 3.42. The van der Waals surface area contributed by atoms with Crippen molar-refractivity contribution in [2.24, 2.45) is 0 Å². The minimum absolute atomic E-state index is 0.0403. The van der Waals surface area contributed by atoms with Crippen LogP contribution in [0.3, 0.4) is 0 Å². The summed E-state index contributed by atoms with van der Waals surface area (Å²) in [5, 5.41) is 0. The summed E-state index contributed by atoms with van der Waals surface area (Å²) in [7, 11) is 0. The first-order chi connectivity index (χ1) is 12.1. The average molecular weight is 409 g/mol. The van der Waals surface area contributed by atoms with Crippen LogP contribution in [0.2, 0.25) is 0 Å². The third kappa shape index (κ3) is 3.26. The van der Waals surface area contributed by atoms with Crippen LogP contribution in [0, 0.1) is 11.6 Å². The molecule has 1 aromatic heterocycles. The van der Waals surface area contributed by atoms with Crippen LogP contribution in [0.1, 0.15) is 25.5 Å². The van der Waals surface area contributed by atoms with E-state index in [1.807, 2.05) is 10.6 Å². The summed E-state index contributed by atoms with van der Waals surface area (Å²) in [6.45, 7) is 0.727. The first kappa shape index (κ1) is 16.5. The van der Waals surface area contributed by atoms with Gasteiger partial charge in [-0.25, -0.2) is 13.8 Å². The first-order valence-corrected chi connectivity index (χ1v) is 8.82. The fraction of sp³-hybridized carbons (Fsp3) is 0.278. The van der Waals surface area contributed by atoms with Crippen LogP contribution in [0.4, 0.5) is 8.78 Å². The number of rotatable bonds is 3. The number of ether oxygens (including phenoxy) is 2. The van der Waals surface area contributed by atoms with Gasteiger partial charge < -0.3 is 14.0 Å². The molecule has 2 heterocycles. The lowest BCUT2D eigenvalue weighted by Gasteiger charge is -2.24. The third-order valence-corrected chi connectivity index (χ3v) is 4.83. The molecule has 1 atom stereocenters. The number of hydrogen-bond donors (Lipinski definition) is 0. The summed E-state index contributed by atoms with van der Waals surface area (Å²) in [6.07, 6.45) is 4.77. The van der Waals surface area contributed by atoms with Gasteiger partial charge in [0.15, 0.2) is 11.6 Å². The van der Waals surface area contributed by atoms with Crippen LogP contribution in [0.5, 0.6) is 11.5 Å². The molecule has 0 aliphatic carbocycles. The lowest BCUT2D eigenvalue weighted by Crippen LogP contribution is -2.17. The molecule has 7 heteroatoms. The Morgan fingerprint density at radius 1 is 1.16 bits per heavy atom. The lowest BCUT2D eigenvalue weighted by atomic mass is 10.2. The quantitative estimate of drug-likeness (QED) is 0.568. The highest BCUT2D eigenvalue weighted by Gasteiger charge is 2.19. The Morgan fingerprint density at radius 2 is 2.04 bits per heavy atom. The van der Waals surface area contributed by atoms with E-state index in [2.05, 4.69) is 20.9 Å². The normalized spacial score (nSPS) is 17.8. The zero-order chi connectivity index (χ0) is 17.4. The number of imidazole rings is 1. The van der Waals surface area contributed by atoms with Crippen molar-refractivity contribution in [3.63, 3.8) is 0 Å². The Bertz CT molecular complexity index is 923. The molecule has 1 aliphatic rings. The van der Waals surface area contributed by atoms with Gasteiger partial charge in [0.05, 0.1) is 21.8 Å². The standard InChI is InChI=1S/C18H15BrF2N2O2/c19-12-8-14-15(23(10-22-14)18-3-1-2-6-24-18)9-17(12)25-16-5-4-11(20)7-13(16)21/h4-5,7-10,18H,1-3,6H2. The number of nitrogens with zero attached hydrogens (tertiary/aromatic N) is 2. The van der Waals surface area contributed by atoms with E-state index in [0.717, 1.165) is 49.0 Å². The van der Waals surface area contributed by atoms with E-state index in [-0.39, 0.29) is 12.0 Å². The van der Waals surface area contributed by atoms with E-state index in [9.17, 15) is 8.78 Å². The SMILES string of the molecule is Fc1ccc(Oc2cc3c(cc2Br)ncn3C2CCCCO2)c(F)c1. The molecule has 1 unspecified atom stereocenters. The highest BCUT2D eigenvalue weighted by Crippen LogP contribution is 2.36. The Labute approximate surface area is 151 Å². The Balaban J connectivity index is 1.72. The van der Waals surface area contributed by atoms with Crippen molar-refractivity contribution in [1.82, 2.24) is 9.55 Å². The molecular weight excluding hydrogens is 394 g/mol. The maximum atomic E-state index is 13.9. The lowest BCUT2D eigenvalue weighted by molar-refractivity contribution is -0.0295. The molecule has 25 heavy (non-hydrogen) atoms.